The van der Waals surface area contributed by atoms with Crippen molar-refractivity contribution in [1.82, 2.24) is 0 Å². The number of benzene rings is 1. The van der Waals surface area contributed by atoms with Gasteiger partial charge in [-0.3, -0.25) is 4.79 Å². The Morgan fingerprint density at radius 2 is 2.00 bits per heavy atom. The lowest BCUT2D eigenvalue weighted by molar-refractivity contribution is -0.138. The average Bonchev–Trinajstić information content (AvgIpc) is 2.26. The van der Waals surface area contributed by atoms with Crippen LogP contribution in [0.5, 0.6) is 0 Å². The molecule has 1 atom stereocenters. The van der Waals surface area contributed by atoms with E-state index in [-0.39, 0.29) is 0 Å². The molecule has 1 aromatic carbocycles. The number of rotatable bonds is 4. The van der Waals surface area contributed by atoms with Crippen LogP contribution in [0, 0.1) is 0 Å². The standard InChI is InChI=1S/C12H12Cl2O2/c1-8(7-13)6-11(12(15)16)9-2-4-10(14)5-3-9/h2-5,7,11H,6H2,1H3,(H,15,16)/b8-7-. The second kappa shape index (κ2) is 5.92. The fourth-order valence-electron chi connectivity index (χ4n) is 1.41. The van der Waals surface area contributed by atoms with Gasteiger partial charge in [-0.15, -0.1) is 0 Å². The van der Waals surface area contributed by atoms with E-state index in [4.69, 9.17) is 28.3 Å². The molecule has 0 aromatic heterocycles. The summed E-state index contributed by atoms with van der Waals surface area (Å²) in [5.41, 5.74) is 2.98. The van der Waals surface area contributed by atoms with E-state index < -0.39 is 11.9 Å². The van der Waals surface area contributed by atoms with Gasteiger partial charge in [0.1, 0.15) is 0 Å². The van der Waals surface area contributed by atoms with E-state index in [1.54, 1.807) is 31.2 Å². The molecule has 0 spiro atoms. The summed E-state index contributed by atoms with van der Waals surface area (Å²) in [5, 5.41) is 9.73. The van der Waals surface area contributed by atoms with Crippen molar-refractivity contribution in [2.45, 2.75) is 19.3 Å². The molecule has 0 fully saturated rings. The molecule has 0 aliphatic carbocycles. The molecular weight excluding hydrogens is 247 g/mol. The summed E-state index contributed by atoms with van der Waals surface area (Å²) >= 11 is 11.3. The molecule has 0 amide bonds. The third-order valence-electron chi connectivity index (χ3n) is 2.28. The lowest BCUT2D eigenvalue weighted by Crippen LogP contribution is -2.11. The molecule has 1 aromatic rings. The molecule has 4 heteroatoms. The third kappa shape index (κ3) is 3.54. The van der Waals surface area contributed by atoms with Gasteiger partial charge in [-0.05, 0) is 31.0 Å². The number of carboxylic acid groups (broad SMARTS) is 1. The fourth-order valence-corrected chi connectivity index (χ4v) is 1.62. The van der Waals surface area contributed by atoms with Gasteiger partial charge in [-0.1, -0.05) is 40.9 Å². The first-order valence-electron chi connectivity index (χ1n) is 4.78. The highest BCUT2D eigenvalue weighted by Gasteiger charge is 2.19. The Morgan fingerprint density at radius 3 is 2.44 bits per heavy atom. The van der Waals surface area contributed by atoms with Crippen LogP contribution in [-0.2, 0) is 4.79 Å². The maximum absolute atomic E-state index is 11.1. The number of halogens is 2. The van der Waals surface area contributed by atoms with Crippen LogP contribution in [0.25, 0.3) is 0 Å². The second-order valence-corrected chi connectivity index (χ2v) is 4.26. The van der Waals surface area contributed by atoms with Crippen molar-refractivity contribution in [3.63, 3.8) is 0 Å². The van der Waals surface area contributed by atoms with E-state index >= 15 is 0 Å². The highest BCUT2D eigenvalue weighted by atomic mass is 35.5. The minimum Gasteiger partial charge on any atom is -0.481 e. The van der Waals surface area contributed by atoms with Crippen LogP contribution in [0.2, 0.25) is 5.02 Å². The van der Waals surface area contributed by atoms with Gasteiger partial charge in [0.05, 0.1) is 5.92 Å². The van der Waals surface area contributed by atoms with Gasteiger partial charge in [0.2, 0.25) is 0 Å². The van der Waals surface area contributed by atoms with E-state index in [9.17, 15) is 4.79 Å². The lowest BCUT2D eigenvalue weighted by atomic mass is 9.93. The van der Waals surface area contributed by atoms with E-state index in [1.807, 2.05) is 0 Å². The second-order valence-electron chi connectivity index (χ2n) is 3.60. The summed E-state index contributed by atoms with van der Waals surface area (Å²) < 4.78 is 0. The van der Waals surface area contributed by atoms with Crippen molar-refractivity contribution in [1.29, 1.82) is 0 Å². The molecule has 0 bridgehead atoms. The van der Waals surface area contributed by atoms with Crippen molar-refractivity contribution >= 4 is 29.2 Å². The molecule has 0 radical (unpaired) electrons. The van der Waals surface area contributed by atoms with E-state index in [2.05, 4.69) is 0 Å². The SMILES string of the molecule is C/C(=C/Cl)CC(C(=O)O)c1ccc(Cl)cc1. The topological polar surface area (TPSA) is 37.3 Å². The fraction of sp³-hybridized carbons (Fsp3) is 0.250. The molecule has 1 unspecified atom stereocenters. The molecule has 2 nitrogen and oxygen atoms in total. The lowest BCUT2D eigenvalue weighted by Gasteiger charge is -2.12. The van der Waals surface area contributed by atoms with Crippen LogP contribution in [0.1, 0.15) is 24.8 Å². The smallest absolute Gasteiger partial charge is 0.311 e. The molecule has 1 rings (SSSR count). The van der Waals surface area contributed by atoms with Crippen LogP contribution in [0.15, 0.2) is 35.4 Å². The van der Waals surface area contributed by atoms with Gasteiger partial charge in [0.15, 0.2) is 0 Å². The predicted octanol–water partition coefficient (Wildman–Crippen LogP) is 4.04. The normalized spacial score (nSPS) is 13.6. The van der Waals surface area contributed by atoms with Crippen molar-refractivity contribution < 1.29 is 9.90 Å². The van der Waals surface area contributed by atoms with Crippen molar-refractivity contribution in [2.24, 2.45) is 0 Å². The van der Waals surface area contributed by atoms with Gasteiger partial charge in [0, 0.05) is 10.6 Å². The number of carboxylic acids is 1. The first-order chi connectivity index (χ1) is 7.54. The summed E-state index contributed by atoms with van der Waals surface area (Å²) in [6, 6.07) is 6.82. The maximum Gasteiger partial charge on any atom is 0.311 e. The van der Waals surface area contributed by atoms with Crippen LogP contribution >= 0.6 is 23.2 Å². The summed E-state index contributed by atoms with van der Waals surface area (Å²) in [6.07, 6.45) is 0.403. The van der Waals surface area contributed by atoms with Crippen LogP contribution in [0.4, 0.5) is 0 Å². The summed E-state index contributed by atoms with van der Waals surface area (Å²) in [7, 11) is 0. The zero-order valence-corrected chi connectivity index (χ0v) is 10.3. The largest absolute Gasteiger partial charge is 0.481 e. The summed E-state index contributed by atoms with van der Waals surface area (Å²) in [6.45, 7) is 1.80. The Balaban J connectivity index is 2.94. The average molecular weight is 259 g/mol. The number of allylic oxidation sites excluding steroid dienone is 1. The molecule has 86 valence electrons. The van der Waals surface area contributed by atoms with E-state index in [1.165, 1.54) is 5.54 Å². The Morgan fingerprint density at radius 1 is 1.44 bits per heavy atom. The molecule has 0 saturated carbocycles. The molecule has 1 N–H and O–H groups in total. The van der Waals surface area contributed by atoms with Gasteiger partial charge in [-0.25, -0.2) is 0 Å². The van der Waals surface area contributed by atoms with Gasteiger partial charge >= 0.3 is 5.97 Å². The number of hydrogen-bond donors (Lipinski definition) is 1. The maximum atomic E-state index is 11.1. The van der Waals surface area contributed by atoms with Crippen molar-refractivity contribution in [3.8, 4) is 0 Å². The summed E-state index contributed by atoms with van der Waals surface area (Å²) in [5.74, 6) is -1.44. The Labute approximate surface area is 104 Å². The van der Waals surface area contributed by atoms with Gasteiger partial charge < -0.3 is 5.11 Å². The first kappa shape index (κ1) is 13.1. The predicted molar refractivity (Wildman–Crippen MR) is 66.1 cm³/mol. The van der Waals surface area contributed by atoms with Gasteiger partial charge in [0.25, 0.3) is 0 Å². The zero-order chi connectivity index (χ0) is 12.1. The zero-order valence-electron chi connectivity index (χ0n) is 8.78. The van der Waals surface area contributed by atoms with E-state index in [0.29, 0.717) is 11.4 Å². The minimum atomic E-state index is -0.861. The van der Waals surface area contributed by atoms with Gasteiger partial charge in [-0.2, -0.15) is 0 Å². The molecule has 0 aliphatic heterocycles. The van der Waals surface area contributed by atoms with Crippen LogP contribution in [0.3, 0.4) is 0 Å². The number of carbonyl (C=O) groups is 1. The quantitative estimate of drug-likeness (QED) is 0.885. The molecular formula is C12H12Cl2O2. The van der Waals surface area contributed by atoms with Crippen molar-refractivity contribution in [2.75, 3.05) is 0 Å². The summed E-state index contributed by atoms with van der Waals surface area (Å²) in [4.78, 5) is 11.1. The van der Waals surface area contributed by atoms with Crippen LogP contribution < -0.4 is 0 Å². The first-order valence-corrected chi connectivity index (χ1v) is 5.60. The van der Waals surface area contributed by atoms with Crippen LogP contribution in [-0.4, -0.2) is 11.1 Å². The van der Waals surface area contributed by atoms with Crippen molar-refractivity contribution in [3.05, 3.63) is 46.0 Å². The Bertz CT molecular complexity index is 396. The molecule has 0 saturated heterocycles. The number of hydrogen-bond acceptors (Lipinski definition) is 1. The monoisotopic (exact) mass is 258 g/mol. The highest BCUT2D eigenvalue weighted by Crippen LogP contribution is 2.25. The number of aliphatic carboxylic acids is 1. The highest BCUT2D eigenvalue weighted by molar-refractivity contribution is 6.30. The Kier molecular flexibility index (Phi) is 4.84. The minimum absolute atomic E-state index is 0.403. The third-order valence-corrected chi connectivity index (χ3v) is 2.91. The molecule has 0 aliphatic rings. The Hall–Kier alpha value is -0.990. The molecule has 0 heterocycles. The van der Waals surface area contributed by atoms with E-state index in [0.717, 1.165) is 11.1 Å². The molecule has 16 heavy (non-hydrogen) atoms.